The van der Waals surface area contributed by atoms with Crippen LogP contribution >= 0.6 is 11.6 Å². The van der Waals surface area contributed by atoms with Gasteiger partial charge in [-0.1, -0.05) is 35.4 Å². The fourth-order valence-corrected chi connectivity index (χ4v) is 3.99. The molecule has 0 amide bonds. The Balaban J connectivity index is 2.37. The van der Waals surface area contributed by atoms with E-state index in [1.54, 1.807) is 30.3 Å². The summed E-state index contributed by atoms with van der Waals surface area (Å²) in [5, 5.41) is 10.1. The van der Waals surface area contributed by atoms with Crippen LogP contribution in [0.25, 0.3) is 0 Å². The van der Waals surface area contributed by atoms with Gasteiger partial charge in [-0.15, -0.1) is 0 Å². The quantitative estimate of drug-likeness (QED) is 0.833. The van der Waals surface area contributed by atoms with E-state index in [9.17, 15) is 18.3 Å². The van der Waals surface area contributed by atoms with Crippen LogP contribution in [0, 0.1) is 13.8 Å². The molecule has 0 aromatic heterocycles. The number of hydrogen-bond acceptors (Lipinski definition) is 3. The Morgan fingerprint density at radius 3 is 2.32 bits per heavy atom. The summed E-state index contributed by atoms with van der Waals surface area (Å²) in [4.78, 5) is 11.8. The second-order valence-electron chi connectivity index (χ2n) is 5.96. The fourth-order valence-electron chi connectivity index (χ4n) is 2.48. The van der Waals surface area contributed by atoms with Gasteiger partial charge in [-0.2, -0.15) is 4.31 Å². The van der Waals surface area contributed by atoms with Gasteiger partial charge in [0.15, 0.2) is 0 Å². The maximum absolute atomic E-state index is 12.8. The van der Waals surface area contributed by atoms with Crippen molar-refractivity contribution in [3.05, 3.63) is 64.2 Å². The molecule has 7 heteroatoms. The van der Waals surface area contributed by atoms with Crippen molar-refractivity contribution in [1.29, 1.82) is 0 Å². The van der Waals surface area contributed by atoms with Crippen LogP contribution < -0.4 is 0 Å². The number of aryl methyl sites for hydroxylation is 2. The van der Waals surface area contributed by atoms with Gasteiger partial charge in [-0.25, -0.2) is 8.42 Å². The molecule has 134 valence electrons. The van der Waals surface area contributed by atoms with E-state index in [1.165, 1.54) is 19.2 Å². The normalized spacial score (nSPS) is 13.0. The number of carbonyl (C=O) groups is 1. The van der Waals surface area contributed by atoms with E-state index in [0.29, 0.717) is 10.6 Å². The van der Waals surface area contributed by atoms with Crippen LogP contribution in [0.4, 0.5) is 0 Å². The molecule has 25 heavy (non-hydrogen) atoms. The third kappa shape index (κ3) is 4.39. The number of aliphatic carboxylic acids is 1. The molecule has 0 bridgehead atoms. The van der Waals surface area contributed by atoms with Crippen molar-refractivity contribution in [2.75, 3.05) is 7.05 Å². The summed E-state index contributed by atoms with van der Waals surface area (Å²) < 4.78 is 26.4. The van der Waals surface area contributed by atoms with Crippen molar-refractivity contribution in [2.45, 2.75) is 31.2 Å². The first-order valence-electron chi connectivity index (χ1n) is 7.65. The minimum atomic E-state index is -3.92. The lowest BCUT2D eigenvalue weighted by molar-refractivity contribution is -0.141. The van der Waals surface area contributed by atoms with Crippen LogP contribution in [0.5, 0.6) is 0 Å². The lowest BCUT2D eigenvalue weighted by Gasteiger charge is -2.25. The second-order valence-corrected chi connectivity index (χ2v) is 8.40. The third-order valence-electron chi connectivity index (χ3n) is 4.15. The number of halogens is 1. The Hall–Kier alpha value is -1.89. The summed E-state index contributed by atoms with van der Waals surface area (Å²) in [7, 11) is -2.64. The van der Waals surface area contributed by atoms with Gasteiger partial charge >= 0.3 is 5.97 Å². The van der Waals surface area contributed by atoms with Gasteiger partial charge < -0.3 is 5.11 Å². The van der Waals surface area contributed by atoms with Crippen molar-refractivity contribution >= 4 is 27.6 Å². The van der Waals surface area contributed by atoms with Crippen LogP contribution in [0.15, 0.2) is 47.4 Å². The first-order chi connectivity index (χ1) is 11.6. The Kier molecular flexibility index (Phi) is 5.87. The lowest BCUT2D eigenvalue weighted by atomic mass is 10.0. The van der Waals surface area contributed by atoms with Gasteiger partial charge in [0.1, 0.15) is 6.04 Å². The minimum absolute atomic E-state index is 0.0311. The van der Waals surface area contributed by atoms with E-state index in [0.717, 1.165) is 15.4 Å². The highest BCUT2D eigenvalue weighted by atomic mass is 35.5. The average Bonchev–Trinajstić information content (AvgIpc) is 2.55. The van der Waals surface area contributed by atoms with Crippen molar-refractivity contribution < 1.29 is 18.3 Å². The Morgan fingerprint density at radius 2 is 1.76 bits per heavy atom. The summed E-state index contributed by atoms with van der Waals surface area (Å²) >= 11 is 5.98. The minimum Gasteiger partial charge on any atom is -0.480 e. The molecule has 1 N–H and O–H groups in total. The van der Waals surface area contributed by atoms with Crippen molar-refractivity contribution in [3.63, 3.8) is 0 Å². The molecule has 2 rings (SSSR count). The molecule has 0 radical (unpaired) electrons. The number of carboxylic acids is 1. The fraction of sp³-hybridized carbons (Fsp3) is 0.278. The second kappa shape index (κ2) is 7.56. The van der Waals surface area contributed by atoms with Crippen LogP contribution in [0.1, 0.15) is 16.7 Å². The van der Waals surface area contributed by atoms with Gasteiger partial charge in [-0.3, -0.25) is 4.79 Å². The number of carboxylic acid groups (broad SMARTS) is 1. The number of hydrogen-bond donors (Lipinski definition) is 1. The van der Waals surface area contributed by atoms with Crippen molar-refractivity contribution in [3.8, 4) is 0 Å². The molecule has 0 spiro atoms. The smallest absolute Gasteiger partial charge is 0.322 e. The highest BCUT2D eigenvalue weighted by Gasteiger charge is 2.33. The van der Waals surface area contributed by atoms with E-state index in [2.05, 4.69) is 0 Å². The van der Waals surface area contributed by atoms with E-state index in [-0.39, 0.29) is 11.3 Å². The zero-order valence-corrected chi connectivity index (χ0v) is 15.8. The summed E-state index contributed by atoms with van der Waals surface area (Å²) in [5.41, 5.74) is 2.48. The summed E-state index contributed by atoms with van der Waals surface area (Å²) in [6.07, 6.45) is 0.0311. The number of rotatable bonds is 6. The molecule has 0 heterocycles. The van der Waals surface area contributed by atoms with Gasteiger partial charge in [-0.05, 0) is 49.2 Å². The Morgan fingerprint density at radius 1 is 1.16 bits per heavy atom. The average molecular weight is 382 g/mol. The molecule has 2 aromatic carbocycles. The zero-order valence-electron chi connectivity index (χ0n) is 14.2. The van der Waals surface area contributed by atoms with E-state index >= 15 is 0 Å². The van der Waals surface area contributed by atoms with Crippen LogP contribution in [-0.4, -0.2) is 36.9 Å². The molecule has 0 aliphatic rings. The molecule has 0 saturated heterocycles. The van der Waals surface area contributed by atoms with Gasteiger partial charge in [0.25, 0.3) is 0 Å². The molecule has 0 aliphatic carbocycles. The monoisotopic (exact) mass is 381 g/mol. The highest BCUT2D eigenvalue weighted by Crippen LogP contribution is 2.22. The number of nitrogens with zero attached hydrogens (tertiary/aromatic N) is 1. The molecule has 1 atom stereocenters. The predicted octanol–water partition coefficient (Wildman–Crippen LogP) is 3.27. The largest absolute Gasteiger partial charge is 0.480 e. The summed E-state index contributed by atoms with van der Waals surface area (Å²) in [5.74, 6) is -1.21. The molecule has 0 saturated carbocycles. The van der Waals surface area contributed by atoms with Crippen molar-refractivity contribution in [1.82, 2.24) is 4.31 Å². The molecule has 2 aromatic rings. The molecule has 0 fully saturated rings. The maximum Gasteiger partial charge on any atom is 0.322 e. The summed E-state index contributed by atoms with van der Waals surface area (Å²) in [6.45, 7) is 3.68. The first kappa shape index (κ1) is 19.4. The zero-order chi connectivity index (χ0) is 18.8. The maximum atomic E-state index is 12.8. The van der Waals surface area contributed by atoms with Crippen LogP contribution in [0.3, 0.4) is 0 Å². The summed E-state index contributed by atoms with van der Waals surface area (Å²) in [6, 6.07) is 10.2. The standard InChI is InChI=1S/C18H20ClNO4S/c1-12-4-8-16(9-5-12)25(23,24)20(3)17(18(21)22)11-14-10-15(19)7-6-13(14)2/h4-10,17H,11H2,1-3H3,(H,21,22). The van der Waals surface area contributed by atoms with Crippen LogP contribution in [0.2, 0.25) is 5.02 Å². The number of benzene rings is 2. The molecule has 0 aliphatic heterocycles. The van der Waals surface area contributed by atoms with E-state index in [1.807, 2.05) is 13.8 Å². The van der Waals surface area contributed by atoms with Gasteiger partial charge in [0.05, 0.1) is 4.90 Å². The molecular formula is C18H20ClNO4S. The molecule has 1 unspecified atom stereocenters. The predicted molar refractivity (Wildman–Crippen MR) is 97.4 cm³/mol. The van der Waals surface area contributed by atoms with E-state index < -0.39 is 22.0 Å². The van der Waals surface area contributed by atoms with Gasteiger partial charge in [0, 0.05) is 18.5 Å². The number of likely N-dealkylation sites (N-methyl/N-ethyl adjacent to an activating group) is 1. The number of sulfonamides is 1. The van der Waals surface area contributed by atoms with Gasteiger partial charge in [0.2, 0.25) is 10.0 Å². The van der Waals surface area contributed by atoms with E-state index in [4.69, 9.17) is 11.6 Å². The lowest BCUT2D eigenvalue weighted by Crippen LogP contribution is -2.43. The van der Waals surface area contributed by atoms with Crippen LogP contribution in [-0.2, 0) is 21.2 Å². The third-order valence-corrected chi connectivity index (χ3v) is 6.26. The highest BCUT2D eigenvalue weighted by molar-refractivity contribution is 7.89. The SMILES string of the molecule is Cc1ccc(S(=O)(=O)N(C)C(Cc2cc(Cl)ccc2C)C(=O)O)cc1. The topological polar surface area (TPSA) is 74.7 Å². The Labute approximate surface area is 152 Å². The molecular weight excluding hydrogens is 362 g/mol. The first-order valence-corrected chi connectivity index (χ1v) is 9.47. The van der Waals surface area contributed by atoms with Crippen molar-refractivity contribution in [2.24, 2.45) is 0 Å². The Bertz CT molecular complexity index is 878. The molecule has 5 nitrogen and oxygen atoms in total.